The number of aromatic nitrogens is 4. The van der Waals surface area contributed by atoms with Crippen LogP contribution in [0.15, 0.2) is 71.7 Å². The van der Waals surface area contributed by atoms with Gasteiger partial charge >= 0.3 is 0 Å². The molecule has 0 radical (unpaired) electrons. The second kappa shape index (κ2) is 7.66. The first-order valence-electron chi connectivity index (χ1n) is 9.14. The minimum Gasteiger partial charge on any atom is -0.391 e. The molecule has 0 saturated carbocycles. The fourth-order valence-corrected chi connectivity index (χ4v) is 3.09. The number of fused-ring (bicyclic) bond motifs is 1. The Labute approximate surface area is 161 Å². The van der Waals surface area contributed by atoms with Gasteiger partial charge < -0.3 is 10.4 Å². The van der Waals surface area contributed by atoms with Crippen LogP contribution in [0.1, 0.15) is 12.5 Å². The quantitative estimate of drug-likeness (QED) is 0.481. The third-order valence-electron chi connectivity index (χ3n) is 4.67. The molecule has 0 aliphatic carbocycles. The van der Waals surface area contributed by atoms with E-state index < -0.39 is 6.10 Å². The Hall–Kier alpha value is -3.45. The largest absolute Gasteiger partial charge is 0.391 e. The van der Waals surface area contributed by atoms with E-state index in [1.165, 1.54) is 6.20 Å². The molecule has 7 nitrogen and oxygen atoms in total. The maximum atomic E-state index is 12.4. The number of aromatic amines is 1. The van der Waals surface area contributed by atoms with Crippen LogP contribution in [0.5, 0.6) is 0 Å². The molecule has 0 aliphatic heterocycles. The third-order valence-corrected chi connectivity index (χ3v) is 4.67. The van der Waals surface area contributed by atoms with Crippen LogP contribution >= 0.6 is 0 Å². The van der Waals surface area contributed by atoms with Crippen molar-refractivity contribution in [2.75, 3.05) is 5.32 Å². The lowest BCUT2D eigenvalue weighted by molar-refractivity contribution is 0.158. The summed E-state index contributed by atoms with van der Waals surface area (Å²) in [6, 6.07) is 19.0. The number of nitrogens with one attached hydrogen (secondary N) is 2. The molecule has 0 spiro atoms. The van der Waals surface area contributed by atoms with Gasteiger partial charge in [-0.3, -0.25) is 9.78 Å². The first-order valence-corrected chi connectivity index (χ1v) is 9.14. The van der Waals surface area contributed by atoms with Crippen LogP contribution in [-0.4, -0.2) is 37.0 Å². The lowest BCUT2D eigenvalue weighted by Crippen LogP contribution is -2.33. The van der Waals surface area contributed by atoms with Gasteiger partial charge in [0, 0.05) is 6.42 Å². The summed E-state index contributed by atoms with van der Waals surface area (Å²) in [5, 5.41) is 18.3. The number of hydrogen-bond donors (Lipinski definition) is 3. The fraction of sp³-hybridized carbons (Fsp3) is 0.190. The maximum absolute atomic E-state index is 12.4. The number of anilines is 1. The van der Waals surface area contributed by atoms with Crippen LogP contribution < -0.4 is 10.9 Å². The summed E-state index contributed by atoms with van der Waals surface area (Å²) in [5.41, 5.74) is 2.04. The molecule has 4 aromatic rings. The van der Waals surface area contributed by atoms with Gasteiger partial charge in [0.15, 0.2) is 5.65 Å². The average molecular weight is 375 g/mol. The monoisotopic (exact) mass is 375 g/mol. The number of aliphatic hydroxyl groups excluding tert-OH is 1. The van der Waals surface area contributed by atoms with Crippen LogP contribution in [0.4, 0.5) is 5.95 Å². The molecule has 2 aromatic heterocycles. The minimum atomic E-state index is -0.637. The third kappa shape index (κ3) is 3.65. The van der Waals surface area contributed by atoms with Gasteiger partial charge in [0.2, 0.25) is 5.95 Å². The van der Waals surface area contributed by atoms with Gasteiger partial charge in [-0.15, -0.1) is 0 Å². The predicted molar refractivity (Wildman–Crippen MR) is 109 cm³/mol. The summed E-state index contributed by atoms with van der Waals surface area (Å²) in [6.45, 7) is 1.85. The van der Waals surface area contributed by atoms with Gasteiger partial charge in [-0.25, -0.2) is 4.68 Å². The van der Waals surface area contributed by atoms with Gasteiger partial charge in [0.05, 0.1) is 24.0 Å². The zero-order valence-corrected chi connectivity index (χ0v) is 15.4. The minimum absolute atomic E-state index is 0.278. The Morgan fingerprint density at radius 3 is 2.50 bits per heavy atom. The molecule has 7 heteroatoms. The summed E-state index contributed by atoms with van der Waals surface area (Å²) in [4.78, 5) is 19.7. The second-order valence-corrected chi connectivity index (χ2v) is 6.73. The molecule has 0 amide bonds. The Kier molecular flexibility index (Phi) is 4.90. The highest BCUT2D eigenvalue weighted by Crippen LogP contribution is 2.15. The second-order valence-electron chi connectivity index (χ2n) is 6.73. The highest BCUT2D eigenvalue weighted by molar-refractivity contribution is 5.76. The fourth-order valence-electron chi connectivity index (χ4n) is 3.09. The molecular weight excluding hydrogens is 354 g/mol. The maximum Gasteiger partial charge on any atom is 0.263 e. The van der Waals surface area contributed by atoms with E-state index in [0.29, 0.717) is 23.4 Å². The van der Waals surface area contributed by atoms with Crippen molar-refractivity contribution in [2.45, 2.75) is 25.5 Å². The van der Waals surface area contributed by atoms with Crippen LogP contribution in [-0.2, 0) is 6.42 Å². The van der Waals surface area contributed by atoms with E-state index in [9.17, 15) is 9.90 Å². The van der Waals surface area contributed by atoms with Crippen LogP contribution in [0.2, 0.25) is 0 Å². The van der Waals surface area contributed by atoms with Crippen molar-refractivity contribution in [1.82, 2.24) is 19.7 Å². The standard InChI is InChI=1S/C21H21N5O2/c1-14(18(27)12-15-8-4-2-5-9-15)23-21-24-19-17(20(28)25-21)13-22-26(19)16-10-6-3-7-11-16/h2-11,13-14,18,27H,12H2,1H3,(H2,23,24,25,28). The van der Waals surface area contributed by atoms with E-state index in [2.05, 4.69) is 20.4 Å². The molecule has 2 unspecified atom stereocenters. The van der Waals surface area contributed by atoms with E-state index in [0.717, 1.165) is 11.3 Å². The number of rotatable bonds is 6. The lowest BCUT2D eigenvalue weighted by Gasteiger charge is -2.20. The highest BCUT2D eigenvalue weighted by Gasteiger charge is 2.17. The Morgan fingerprint density at radius 2 is 1.79 bits per heavy atom. The number of hydrogen-bond acceptors (Lipinski definition) is 5. The Morgan fingerprint density at radius 1 is 1.11 bits per heavy atom. The van der Waals surface area contributed by atoms with Crippen LogP contribution in [0.3, 0.4) is 0 Å². The molecule has 0 saturated heterocycles. The van der Waals surface area contributed by atoms with Crippen molar-refractivity contribution < 1.29 is 5.11 Å². The van der Waals surface area contributed by atoms with Gasteiger partial charge in [0.25, 0.3) is 5.56 Å². The van der Waals surface area contributed by atoms with Crippen molar-refractivity contribution in [1.29, 1.82) is 0 Å². The molecule has 2 heterocycles. The number of nitrogens with zero attached hydrogens (tertiary/aromatic N) is 3. The highest BCUT2D eigenvalue weighted by atomic mass is 16.3. The molecule has 2 aromatic carbocycles. The topological polar surface area (TPSA) is 95.8 Å². The SMILES string of the molecule is CC(Nc1nc2c(cnn2-c2ccccc2)c(=O)[nH]1)C(O)Cc1ccccc1. The van der Waals surface area contributed by atoms with E-state index in [1.807, 2.05) is 67.6 Å². The van der Waals surface area contributed by atoms with E-state index in [1.54, 1.807) is 4.68 Å². The molecule has 3 N–H and O–H groups in total. The molecule has 0 aliphatic rings. The van der Waals surface area contributed by atoms with E-state index in [4.69, 9.17) is 0 Å². The number of para-hydroxylation sites is 1. The smallest absolute Gasteiger partial charge is 0.263 e. The van der Waals surface area contributed by atoms with Crippen molar-refractivity contribution in [3.8, 4) is 5.69 Å². The van der Waals surface area contributed by atoms with Gasteiger partial charge in [-0.2, -0.15) is 10.1 Å². The van der Waals surface area contributed by atoms with E-state index in [-0.39, 0.29) is 11.6 Å². The molecular formula is C21H21N5O2. The summed E-state index contributed by atoms with van der Waals surface area (Å²) >= 11 is 0. The van der Waals surface area contributed by atoms with Gasteiger partial charge in [-0.05, 0) is 24.6 Å². The number of benzene rings is 2. The number of aliphatic hydroxyl groups is 1. The zero-order chi connectivity index (χ0) is 19.5. The van der Waals surface area contributed by atoms with Crippen molar-refractivity contribution in [3.05, 3.63) is 82.8 Å². The summed E-state index contributed by atoms with van der Waals surface area (Å²) < 4.78 is 1.63. The average Bonchev–Trinajstić information content (AvgIpc) is 3.14. The van der Waals surface area contributed by atoms with Gasteiger partial charge in [0.1, 0.15) is 5.39 Å². The summed E-state index contributed by atoms with van der Waals surface area (Å²) in [6.07, 6.45) is 1.37. The lowest BCUT2D eigenvalue weighted by atomic mass is 10.0. The molecule has 0 fully saturated rings. The molecule has 4 rings (SSSR count). The Balaban J connectivity index is 1.59. The molecule has 142 valence electrons. The van der Waals surface area contributed by atoms with Gasteiger partial charge in [-0.1, -0.05) is 48.5 Å². The van der Waals surface area contributed by atoms with Crippen molar-refractivity contribution >= 4 is 17.0 Å². The normalized spacial score (nSPS) is 13.4. The molecule has 28 heavy (non-hydrogen) atoms. The zero-order valence-electron chi connectivity index (χ0n) is 15.4. The van der Waals surface area contributed by atoms with E-state index >= 15 is 0 Å². The van der Waals surface area contributed by atoms with Crippen molar-refractivity contribution in [3.63, 3.8) is 0 Å². The van der Waals surface area contributed by atoms with Crippen LogP contribution in [0, 0.1) is 0 Å². The molecule has 0 bridgehead atoms. The Bertz CT molecular complexity index is 1120. The first-order chi connectivity index (χ1) is 13.6. The van der Waals surface area contributed by atoms with Crippen LogP contribution in [0.25, 0.3) is 16.7 Å². The first kappa shape index (κ1) is 17.9. The van der Waals surface area contributed by atoms with Crippen molar-refractivity contribution in [2.24, 2.45) is 0 Å². The summed E-state index contributed by atoms with van der Waals surface area (Å²) in [5.74, 6) is 0.301. The summed E-state index contributed by atoms with van der Waals surface area (Å²) in [7, 11) is 0. The molecule has 2 atom stereocenters. The number of H-pyrrole nitrogens is 1. The predicted octanol–water partition coefficient (Wildman–Crippen LogP) is 2.51.